The van der Waals surface area contributed by atoms with Gasteiger partial charge in [-0.3, -0.25) is 4.79 Å². The minimum atomic E-state index is -0.955. The molecular weight excluding hydrogens is 133 g/mol. The van der Waals surface area contributed by atoms with Crippen LogP contribution in [-0.4, -0.2) is 30.1 Å². The SMILES string of the molecule is C=CC(=O)N1C[CH][C@@H](F)C1. The highest BCUT2D eigenvalue weighted by Crippen LogP contribution is 2.10. The maximum absolute atomic E-state index is 12.4. The summed E-state index contributed by atoms with van der Waals surface area (Å²) in [7, 11) is 0. The Hall–Kier alpha value is -0.860. The largest absolute Gasteiger partial charge is 0.336 e. The fourth-order valence-corrected chi connectivity index (χ4v) is 0.910. The standard InChI is InChI=1S/C7H9FNO/c1-2-7(10)9-4-3-6(8)5-9/h2-3,6H,1,4-5H2/t6-/m1/s1. The molecule has 1 atom stereocenters. The summed E-state index contributed by atoms with van der Waals surface area (Å²) in [6, 6.07) is 0. The van der Waals surface area contributed by atoms with Gasteiger partial charge in [0, 0.05) is 13.0 Å². The molecule has 1 heterocycles. The van der Waals surface area contributed by atoms with E-state index in [9.17, 15) is 9.18 Å². The summed E-state index contributed by atoms with van der Waals surface area (Å²) in [5.41, 5.74) is 0. The third kappa shape index (κ3) is 1.35. The lowest BCUT2D eigenvalue weighted by Crippen LogP contribution is -2.26. The molecule has 0 saturated carbocycles. The van der Waals surface area contributed by atoms with Crippen LogP contribution >= 0.6 is 0 Å². The third-order valence-corrected chi connectivity index (χ3v) is 1.46. The zero-order chi connectivity index (χ0) is 7.56. The lowest BCUT2D eigenvalue weighted by atomic mass is 10.3. The quantitative estimate of drug-likeness (QED) is 0.490. The number of amides is 1. The van der Waals surface area contributed by atoms with Crippen LogP contribution in [0.2, 0.25) is 0 Å². The van der Waals surface area contributed by atoms with E-state index in [1.165, 1.54) is 17.4 Å². The van der Waals surface area contributed by atoms with E-state index < -0.39 is 6.17 Å². The van der Waals surface area contributed by atoms with Crippen LogP contribution in [0.15, 0.2) is 12.7 Å². The molecule has 0 unspecified atom stereocenters. The van der Waals surface area contributed by atoms with E-state index in [2.05, 4.69) is 6.58 Å². The van der Waals surface area contributed by atoms with Crippen LogP contribution in [-0.2, 0) is 4.79 Å². The van der Waals surface area contributed by atoms with E-state index in [0.717, 1.165) is 0 Å². The Labute approximate surface area is 59.3 Å². The summed E-state index contributed by atoms with van der Waals surface area (Å²) in [5.74, 6) is -0.198. The van der Waals surface area contributed by atoms with Crippen LogP contribution in [0.4, 0.5) is 4.39 Å². The zero-order valence-corrected chi connectivity index (χ0v) is 5.59. The summed E-state index contributed by atoms with van der Waals surface area (Å²) >= 11 is 0. The molecule has 1 saturated heterocycles. The number of likely N-dealkylation sites (tertiary alicyclic amines) is 1. The second-order valence-corrected chi connectivity index (χ2v) is 2.20. The molecule has 0 bridgehead atoms. The molecule has 2 nitrogen and oxygen atoms in total. The van der Waals surface area contributed by atoms with Crippen LogP contribution < -0.4 is 0 Å². The molecular formula is C7H9FNO. The van der Waals surface area contributed by atoms with Gasteiger partial charge in [-0.05, 0) is 6.08 Å². The van der Waals surface area contributed by atoms with E-state index in [-0.39, 0.29) is 12.5 Å². The number of halogens is 1. The highest BCUT2D eigenvalue weighted by molar-refractivity contribution is 5.87. The van der Waals surface area contributed by atoms with Crippen molar-refractivity contribution in [1.29, 1.82) is 0 Å². The zero-order valence-electron chi connectivity index (χ0n) is 5.59. The number of hydrogen-bond donors (Lipinski definition) is 0. The lowest BCUT2D eigenvalue weighted by Gasteiger charge is -2.10. The Morgan fingerprint density at radius 1 is 1.90 bits per heavy atom. The van der Waals surface area contributed by atoms with Crippen LogP contribution in [0, 0.1) is 6.42 Å². The molecule has 1 radical (unpaired) electrons. The van der Waals surface area contributed by atoms with Crippen molar-refractivity contribution in [2.75, 3.05) is 13.1 Å². The molecule has 10 heavy (non-hydrogen) atoms. The first-order chi connectivity index (χ1) is 4.74. The molecule has 1 rings (SSSR count). The maximum Gasteiger partial charge on any atom is 0.246 e. The topological polar surface area (TPSA) is 20.3 Å². The fourth-order valence-electron chi connectivity index (χ4n) is 0.910. The Bertz CT molecular complexity index is 158. The molecule has 0 aliphatic carbocycles. The van der Waals surface area contributed by atoms with Gasteiger partial charge in [0.25, 0.3) is 0 Å². The van der Waals surface area contributed by atoms with Crippen LogP contribution in [0.3, 0.4) is 0 Å². The van der Waals surface area contributed by atoms with E-state index in [4.69, 9.17) is 0 Å². The molecule has 1 fully saturated rings. The van der Waals surface area contributed by atoms with E-state index in [0.29, 0.717) is 6.54 Å². The molecule has 0 aromatic heterocycles. The highest BCUT2D eigenvalue weighted by Gasteiger charge is 2.24. The minimum Gasteiger partial charge on any atom is -0.336 e. The molecule has 1 amide bonds. The average molecular weight is 142 g/mol. The van der Waals surface area contributed by atoms with Gasteiger partial charge in [0.2, 0.25) is 5.91 Å². The molecule has 55 valence electrons. The van der Waals surface area contributed by atoms with Crippen LogP contribution in [0.5, 0.6) is 0 Å². The Morgan fingerprint density at radius 2 is 2.60 bits per heavy atom. The predicted molar refractivity (Wildman–Crippen MR) is 36.0 cm³/mol. The first kappa shape index (κ1) is 7.25. The Balaban J connectivity index is 2.44. The van der Waals surface area contributed by atoms with Gasteiger partial charge in [0.15, 0.2) is 0 Å². The summed E-state index contributed by atoms with van der Waals surface area (Å²) in [4.78, 5) is 12.2. The van der Waals surface area contributed by atoms with Gasteiger partial charge in [0.05, 0.1) is 6.54 Å². The van der Waals surface area contributed by atoms with Crippen molar-refractivity contribution in [3.8, 4) is 0 Å². The number of carbonyl (C=O) groups is 1. The number of carbonyl (C=O) groups excluding carboxylic acids is 1. The van der Waals surface area contributed by atoms with Gasteiger partial charge >= 0.3 is 0 Å². The van der Waals surface area contributed by atoms with Crippen molar-refractivity contribution in [3.63, 3.8) is 0 Å². The Morgan fingerprint density at radius 3 is 3.00 bits per heavy atom. The molecule has 0 N–H and O–H groups in total. The molecule has 0 aromatic rings. The number of alkyl halides is 1. The van der Waals surface area contributed by atoms with Crippen molar-refractivity contribution in [1.82, 2.24) is 4.90 Å². The molecule has 0 aromatic carbocycles. The van der Waals surface area contributed by atoms with Crippen LogP contribution in [0.1, 0.15) is 0 Å². The highest BCUT2D eigenvalue weighted by atomic mass is 19.1. The van der Waals surface area contributed by atoms with Gasteiger partial charge < -0.3 is 4.90 Å². The van der Waals surface area contributed by atoms with Crippen molar-refractivity contribution in [2.24, 2.45) is 0 Å². The summed E-state index contributed by atoms with van der Waals surface area (Å²) in [5, 5.41) is 0. The lowest BCUT2D eigenvalue weighted by molar-refractivity contribution is -0.125. The smallest absolute Gasteiger partial charge is 0.246 e. The van der Waals surface area contributed by atoms with E-state index in [1.807, 2.05) is 0 Å². The van der Waals surface area contributed by atoms with Crippen molar-refractivity contribution >= 4 is 5.91 Å². The maximum atomic E-state index is 12.4. The van der Waals surface area contributed by atoms with Gasteiger partial charge in [-0.15, -0.1) is 0 Å². The summed E-state index contributed by atoms with van der Waals surface area (Å²) < 4.78 is 12.4. The van der Waals surface area contributed by atoms with Crippen LogP contribution in [0.25, 0.3) is 0 Å². The van der Waals surface area contributed by atoms with Gasteiger partial charge in [0.1, 0.15) is 6.17 Å². The third-order valence-electron chi connectivity index (χ3n) is 1.46. The first-order valence-corrected chi connectivity index (χ1v) is 3.13. The molecule has 0 spiro atoms. The number of rotatable bonds is 1. The monoisotopic (exact) mass is 142 g/mol. The van der Waals surface area contributed by atoms with Gasteiger partial charge in [-0.25, -0.2) is 4.39 Å². The second kappa shape index (κ2) is 2.82. The second-order valence-electron chi connectivity index (χ2n) is 2.20. The van der Waals surface area contributed by atoms with E-state index >= 15 is 0 Å². The van der Waals surface area contributed by atoms with Crippen molar-refractivity contribution in [2.45, 2.75) is 6.17 Å². The van der Waals surface area contributed by atoms with Crippen molar-refractivity contribution < 1.29 is 9.18 Å². The van der Waals surface area contributed by atoms with Crippen molar-refractivity contribution in [3.05, 3.63) is 19.1 Å². The Kier molecular flexibility index (Phi) is 2.04. The van der Waals surface area contributed by atoms with Gasteiger partial charge in [-0.2, -0.15) is 0 Å². The van der Waals surface area contributed by atoms with E-state index in [1.54, 1.807) is 0 Å². The minimum absolute atomic E-state index is 0.185. The average Bonchev–Trinajstić information content (AvgIpc) is 2.34. The molecule has 1 aliphatic heterocycles. The normalized spacial score (nSPS) is 24.9. The van der Waals surface area contributed by atoms with Gasteiger partial charge in [-0.1, -0.05) is 6.58 Å². The summed E-state index contributed by atoms with van der Waals surface area (Å²) in [6.07, 6.45) is 1.72. The number of hydrogen-bond acceptors (Lipinski definition) is 1. The summed E-state index contributed by atoms with van der Waals surface area (Å²) in [6.45, 7) is 3.90. The number of nitrogens with zero attached hydrogens (tertiary/aromatic N) is 1. The molecule has 1 aliphatic rings. The fraction of sp³-hybridized carbons (Fsp3) is 0.429. The molecule has 3 heteroatoms. The first-order valence-electron chi connectivity index (χ1n) is 3.13. The predicted octanol–water partition coefficient (Wildman–Crippen LogP) is 0.557.